The monoisotopic (exact) mass is 582 g/mol. The van der Waals surface area contributed by atoms with E-state index in [-0.39, 0.29) is 19.0 Å². The number of ether oxygens (including phenoxy) is 4. The molecule has 0 amide bonds. The fourth-order valence-electron chi connectivity index (χ4n) is 5.07. The van der Waals surface area contributed by atoms with E-state index in [1.165, 1.54) is 11.3 Å². The molecule has 0 radical (unpaired) electrons. The second-order valence-electron chi connectivity index (χ2n) is 9.87. The van der Waals surface area contributed by atoms with Gasteiger partial charge < -0.3 is 18.9 Å². The van der Waals surface area contributed by atoms with Crippen molar-refractivity contribution in [2.45, 2.75) is 39.3 Å². The number of aromatic nitrogens is 1. The summed E-state index contributed by atoms with van der Waals surface area (Å²) in [5.74, 6) is 1.45. The van der Waals surface area contributed by atoms with Crippen LogP contribution in [0.4, 0.5) is 0 Å². The van der Waals surface area contributed by atoms with Crippen molar-refractivity contribution in [1.29, 1.82) is 0 Å². The molecule has 9 heteroatoms. The number of hydrogen-bond donors (Lipinski definition) is 0. The van der Waals surface area contributed by atoms with Crippen LogP contribution in [0, 0.1) is 0 Å². The Bertz CT molecular complexity index is 1820. The average Bonchev–Trinajstić information content (AvgIpc) is 3.60. The fourth-order valence-corrected chi connectivity index (χ4v) is 6.09. The van der Waals surface area contributed by atoms with Crippen LogP contribution in [0.25, 0.3) is 6.08 Å². The van der Waals surface area contributed by atoms with Crippen LogP contribution in [0.15, 0.2) is 93.9 Å². The van der Waals surface area contributed by atoms with E-state index in [9.17, 15) is 9.59 Å². The highest BCUT2D eigenvalue weighted by molar-refractivity contribution is 7.07. The zero-order chi connectivity index (χ0) is 29.1. The van der Waals surface area contributed by atoms with Gasteiger partial charge in [0.05, 0.1) is 28.5 Å². The first kappa shape index (κ1) is 27.5. The molecule has 0 saturated carbocycles. The first-order valence-corrected chi connectivity index (χ1v) is 14.8. The summed E-state index contributed by atoms with van der Waals surface area (Å²) >= 11 is 1.30. The number of allylic oxidation sites excluding steroid dienone is 1. The largest absolute Gasteiger partial charge is 0.489 e. The molecule has 0 aliphatic carbocycles. The Hall–Kier alpha value is -4.63. The number of benzene rings is 3. The molecular weight excluding hydrogens is 552 g/mol. The van der Waals surface area contributed by atoms with Crippen LogP contribution in [-0.4, -0.2) is 23.9 Å². The minimum absolute atomic E-state index is 0.124. The molecule has 0 N–H and O–H groups in total. The first-order chi connectivity index (χ1) is 20.6. The predicted molar refractivity (Wildman–Crippen MR) is 159 cm³/mol. The van der Waals surface area contributed by atoms with Gasteiger partial charge in [-0.3, -0.25) is 9.36 Å². The van der Waals surface area contributed by atoms with Crippen molar-refractivity contribution in [3.63, 3.8) is 0 Å². The van der Waals surface area contributed by atoms with Crippen LogP contribution in [-0.2, 0) is 16.1 Å². The highest BCUT2D eigenvalue weighted by Gasteiger charge is 2.35. The molecule has 42 heavy (non-hydrogen) atoms. The van der Waals surface area contributed by atoms with Crippen molar-refractivity contribution >= 4 is 23.4 Å². The Balaban J connectivity index is 1.40. The number of carbonyl (C=O) groups is 1. The summed E-state index contributed by atoms with van der Waals surface area (Å²) < 4.78 is 24.6. The van der Waals surface area contributed by atoms with E-state index in [1.54, 1.807) is 17.6 Å². The van der Waals surface area contributed by atoms with E-state index in [1.807, 2.05) is 79.7 Å². The van der Waals surface area contributed by atoms with E-state index >= 15 is 0 Å². The van der Waals surface area contributed by atoms with Crippen molar-refractivity contribution in [2.24, 2.45) is 4.99 Å². The molecular formula is C33H30N2O6S. The Morgan fingerprint density at radius 1 is 1.05 bits per heavy atom. The summed E-state index contributed by atoms with van der Waals surface area (Å²) in [7, 11) is 0. The second-order valence-corrected chi connectivity index (χ2v) is 10.9. The molecule has 4 aromatic rings. The van der Waals surface area contributed by atoms with Crippen molar-refractivity contribution in [3.05, 3.63) is 120 Å². The number of nitrogens with zero attached hydrogens (tertiary/aromatic N) is 2. The second kappa shape index (κ2) is 12.1. The highest BCUT2D eigenvalue weighted by Crippen LogP contribution is 2.38. The Morgan fingerprint density at radius 2 is 1.83 bits per heavy atom. The quantitative estimate of drug-likeness (QED) is 0.261. The van der Waals surface area contributed by atoms with Crippen molar-refractivity contribution < 1.29 is 23.7 Å². The van der Waals surface area contributed by atoms with Crippen LogP contribution in [0.3, 0.4) is 0 Å². The molecule has 1 aromatic heterocycles. The molecule has 1 unspecified atom stereocenters. The van der Waals surface area contributed by atoms with E-state index in [0.29, 0.717) is 45.1 Å². The third-order valence-corrected chi connectivity index (χ3v) is 8.01. The van der Waals surface area contributed by atoms with Gasteiger partial charge in [-0.05, 0) is 60.4 Å². The number of fused-ring (bicyclic) bond motifs is 2. The third-order valence-electron chi connectivity index (χ3n) is 7.03. The summed E-state index contributed by atoms with van der Waals surface area (Å²) in [5.41, 5.74) is 3.43. The molecule has 3 heterocycles. The standard InChI is InChI=1S/C33H30N2O6S/c1-3-8-25-29(32(37)38-4-2)30(23-13-16-26-27(18-23)41-20-40-26)35-31(36)28(42-33(35)34-25)17-21-11-14-24(15-12-21)39-19-22-9-6-5-7-10-22/h5-7,9-18,30H,3-4,8,19-20H2,1-2H3/b28-17-. The molecule has 1 atom stereocenters. The summed E-state index contributed by atoms with van der Waals surface area (Å²) in [6.45, 7) is 4.61. The van der Waals surface area contributed by atoms with Crippen molar-refractivity contribution in [2.75, 3.05) is 13.4 Å². The van der Waals surface area contributed by atoms with Gasteiger partial charge in [0, 0.05) is 0 Å². The zero-order valence-corrected chi connectivity index (χ0v) is 24.2. The molecule has 8 nitrogen and oxygen atoms in total. The van der Waals surface area contributed by atoms with Gasteiger partial charge in [0.2, 0.25) is 6.79 Å². The van der Waals surface area contributed by atoms with Gasteiger partial charge in [0.25, 0.3) is 5.56 Å². The molecule has 0 saturated heterocycles. The van der Waals surface area contributed by atoms with Gasteiger partial charge in [-0.2, -0.15) is 0 Å². The topological polar surface area (TPSA) is 88.4 Å². The lowest BCUT2D eigenvalue weighted by Crippen LogP contribution is -2.40. The van der Waals surface area contributed by atoms with Crippen molar-refractivity contribution in [3.8, 4) is 17.2 Å². The van der Waals surface area contributed by atoms with Crippen LogP contribution in [0.2, 0.25) is 0 Å². The van der Waals surface area contributed by atoms with Gasteiger partial charge in [0.15, 0.2) is 16.3 Å². The Labute approximate surface area is 246 Å². The normalized spacial score (nSPS) is 15.8. The number of esters is 1. The molecule has 6 rings (SSSR count). The first-order valence-electron chi connectivity index (χ1n) is 13.9. The molecule has 0 fully saturated rings. The van der Waals surface area contributed by atoms with Gasteiger partial charge in [-0.1, -0.05) is 73.2 Å². The summed E-state index contributed by atoms with van der Waals surface area (Å²) in [6.07, 6.45) is 3.20. The number of carbonyl (C=O) groups excluding carboxylic acids is 1. The van der Waals surface area contributed by atoms with E-state index in [0.717, 1.165) is 28.9 Å². The third kappa shape index (κ3) is 5.47. The number of thiazole rings is 1. The van der Waals surface area contributed by atoms with Gasteiger partial charge in [-0.25, -0.2) is 9.79 Å². The Kier molecular flexibility index (Phi) is 7.92. The summed E-state index contributed by atoms with van der Waals surface area (Å²) in [6, 6.07) is 22.4. The molecule has 0 spiro atoms. The minimum atomic E-state index is -0.715. The predicted octanol–water partition coefficient (Wildman–Crippen LogP) is 4.89. The molecule has 214 valence electrons. The minimum Gasteiger partial charge on any atom is -0.489 e. The van der Waals surface area contributed by atoms with E-state index < -0.39 is 12.0 Å². The van der Waals surface area contributed by atoms with Gasteiger partial charge >= 0.3 is 5.97 Å². The molecule has 2 aliphatic rings. The smallest absolute Gasteiger partial charge is 0.338 e. The lowest BCUT2D eigenvalue weighted by molar-refractivity contribution is -0.139. The molecule has 0 bridgehead atoms. The maximum atomic E-state index is 14.0. The van der Waals surface area contributed by atoms with Crippen LogP contribution in [0.1, 0.15) is 49.4 Å². The molecule has 2 aliphatic heterocycles. The summed E-state index contributed by atoms with van der Waals surface area (Å²) in [4.78, 5) is 32.7. The zero-order valence-electron chi connectivity index (χ0n) is 23.4. The summed E-state index contributed by atoms with van der Waals surface area (Å²) in [5, 5.41) is 0. The number of rotatable bonds is 9. The Morgan fingerprint density at radius 3 is 2.60 bits per heavy atom. The van der Waals surface area contributed by atoms with Crippen LogP contribution in [0.5, 0.6) is 17.2 Å². The lowest BCUT2D eigenvalue weighted by Gasteiger charge is -2.25. The van der Waals surface area contributed by atoms with Gasteiger partial charge in [0.1, 0.15) is 12.4 Å². The fraction of sp³-hybridized carbons (Fsp3) is 0.242. The highest BCUT2D eigenvalue weighted by atomic mass is 32.1. The van der Waals surface area contributed by atoms with Crippen LogP contribution >= 0.6 is 11.3 Å². The number of hydrogen-bond acceptors (Lipinski definition) is 8. The maximum absolute atomic E-state index is 14.0. The van der Waals surface area contributed by atoms with E-state index in [2.05, 4.69) is 0 Å². The lowest BCUT2D eigenvalue weighted by atomic mass is 9.94. The average molecular weight is 583 g/mol. The SMILES string of the molecule is CCCC1=C(C(=O)OCC)C(c2ccc3c(c2)OCO3)n2c(s/c(=C\c3ccc(OCc4ccccc4)cc3)c2=O)=N1. The van der Waals surface area contributed by atoms with Crippen LogP contribution < -0.4 is 29.1 Å². The van der Waals surface area contributed by atoms with E-state index in [4.69, 9.17) is 23.9 Å². The van der Waals surface area contributed by atoms with Crippen molar-refractivity contribution in [1.82, 2.24) is 4.57 Å². The van der Waals surface area contributed by atoms with Gasteiger partial charge in [-0.15, -0.1) is 0 Å². The maximum Gasteiger partial charge on any atom is 0.338 e. The molecule has 3 aromatic carbocycles.